The molecule has 0 saturated carbocycles. The number of aromatic nitrogens is 1. The summed E-state index contributed by atoms with van der Waals surface area (Å²) in [4.78, 5) is 16.3. The number of nitrogens with zero attached hydrogens (tertiary/aromatic N) is 1. The van der Waals surface area contributed by atoms with Crippen molar-refractivity contribution in [2.24, 2.45) is 5.73 Å². The number of aryl methyl sites for hydroxylation is 1. The second-order valence-corrected chi connectivity index (χ2v) is 4.37. The Kier molecular flexibility index (Phi) is 5.56. The molecule has 0 aromatic carbocycles. The maximum absolute atomic E-state index is 11.7. The summed E-state index contributed by atoms with van der Waals surface area (Å²) in [6.07, 6.45) is 2.50. The topological polar surface area (TPSA) is 68.0 Å². The lowest BCUT2D eigenvalue weighted by Gasteiger charge is -2.04. The number of hydrogen-bond donors (Lipinski definition) is 2. The zero-order valence-corrected chi connectivity index (χ0v) is 10.7. The number of amides is 1. The Hall–Kier alpha value is -1.49. The van der Waals surface area contributed by atoms with Gasteiger partial charge >= 0.3 is 0 Å². The van der Waals surface area contributed by atoms with Crippen molar-refractivity contribution < 1.29 is 4.79 Å². The van der Waals surface area contributed by atoms with Crippen molar-refractivity contribution in [3.8, 4) is 0 Å². The van der Waals surface area contributed by atoms with Gasteiger partial charge in [-0.3, -0.25) is 4.79 Å². The van der Waals surface area contributed by atoms with Crippen molar-refractivity contribution in [1.82, 2.24) is 10.3 Å². The van der Waals surface area contributed by atoms with Crippen LogP contribution in [0.1, 0.15) is 35.4 Å². The van der Waals surface area contributed by atoms with Gasteiger partial charge in [0.15, 0.2) is 0 Å². The summed E-state index contributed by atoms with van der Waals surface area (Å²) in [7, 11) is 0. The number of nitrogens with one attached hydrogen (secondary N) is 1. The van der Waals surface area contributed by atoms with Crippen LogP contribution in [-0.2, 0) is 0 Å². The Morgan fingerprint density at radius 2 is 2.24 bits per heavy atom. The Balaban J connectivity index is 2.28. The molecule has 0 aliphatic rings. The third kappa shape index (κ3) is 5.40. The number of hydrogen-bond acceptors (Lipinski definition) is 3. The highest BCUT2D eigenvalue weighted by Gasteiger charge is 2.05. The van der Waals surface area contributed by atoms with E-state index in [4.69, 9.17) is 18.0 Å². The van der Waals surface area contributed by atoms with Gasteiger partial charge in [0.2, 0.25) is 0 Å². The summed E-state index contributed by atoms with van der Waals surface area (Å²) in [6.45, 7) is 2.48. The number of unbranched alkanes of at least 4 members (excludes halogenated alkanes) is 1. The maximum Gasteiger partial charge on any atom is 0.269 e. The van der Waals surface area contributed by atoms with Crippen molar-refractivity contribution >= 4 is 23.1 Å². The van der Waals surface area contributed by atoms with Crippen LogP contribution in [0.2, 0.25) is 0 Å². The summed E-state index contributed by atoms with van der Waals surface area (Å²) in [5.74, 6) is -0.135. The molecule has 0 atom stereocenters. The third-order valence-corrected chi connectivity index (χ3v) is 2.46. The van der Waals surface area contributed by atoms with Gasteiger partial charge in [0.1, 0.15) is 5.69 Å². The quantitative estimate of drug-likeness (QED) is 0.595. The summed E-state index contributed by atoms with van der Waals surface area (Å²) in [5, 5.41) is 2.81. The van der Waals surface area contributed by atoms with E-state index in [1.165, 1.54) is 0 Å². The van der Waals surface area contributed by atoms with Gasteiger partial charge in [-0.1, -0.05) is 18.3 Å². The van der Waals surface area contributed by atoms with Crippen molar-refractivity contribution in [3.05, 3.63) is 29.6 Å². The van der Waals surface area contributed by atoms with E-state index >= 15 is 0 Å². The van der Waals surface area contributed by atoms with Gasteiger partial charge in [0, 0.05) is 12.2 Å². The molecule has 1 amide bonds. The second kappa shape index (κ2) is 6.96. The number of nitrogens with two attached hydrogens (primary N) is 1. The van der Waals surface area contributed by atoms with Crippen LogP contribution in [0.4, 0.5) is 0 Å². The second-order valence-electron chi connectivity index (χ2n) is 3.84. The van der Waals surface area contributed by atoms with E-state index in [0.717, 1.165) is 25.0 Å². The first-order valence-corrected chi connectivity index (χ1v) is 6.00. The van der Waals surface area contributed by atoms with Crippen molar-refractivity contribution in [2.75, 3.05) is 6.54 Å². The van der Waals surface area contributed by atoms with Gasteiger partial charge in [-0.2, -0.15) is 0 Å². The maximum atomic E-state index is 11.7. The molecule has 0 radical (unpaired) electrons. The van der Waals surface area contributed by atoms with E-state index < -0.39 is 0 Å². The van der Waals surface area contributed by atoms with Crippen LogP contribution in [0.5, 0.6) is 0 Å². The Bertz CT molecular complexity index is 406. The lowest BCUT2D eigenvalue weighted by atomic mass is 10.2. The number of thiocarbonyl (C=S) groups is 1. The molecule has 3 N–H and O–H groups in total. The predicted molar refractivity (Wildman–Crippen MR) is 71.9 cm³/mol. The van der Waals surface area contributed by atoms with Crippen LogP contribution < -0.4 is 11.1 Å². The predicted octanol–water partition coefficient (Wildman–Crippen LogP) is 1.58. The van der Waals surface area contributed by atoms with Gasteiger partial charge < -0.3 is 11.1 Å². The number of rotatable bonds is 6. The molecule has 0 fully saturated rings. The monoisotopic (exact) mass is 251 g/mol. The molecule has 4 nitrogen and oxygen atoms in total. The standard InChI is InChI=1S/C12H17N3OS/c1-9-5-4-6-10(15-9)12(16)14-8-3-2-7-11(13)17/h4-6H,2-3,7-8H2,1H3,(H2,13,17)(H,14,16). The molecule has 1 heterocycles. The Morgan fingerprint density at radius 1 is 1.47 bits per heavy atom. The molecular formula is C12H17N3OS. The zero-order valence-electron chi connectivity index (χ0n) is 9.90. The molecular weight excluding hydrogens is 234 g/mol. The summed E-state index contributed by atoms with van der Waals surface area (Å²) >= 11 is 4.77. The lowest BCUT2D eigenvalue weighted by molar-refractivity contribution is 0.0948. The van der Waals surface area contributed by atoms with Gasteiger partial charge in [-0.05, 0) is 38.3 Å². The molecule has 0 unspecified atom stereocenters. The van der Waals surface area contributed by atoms with Gasteiger partial charge in [0.25, 0.3) is 5.91 Å². The first kappa shape index (κ1) is 13.6. The van der Waals surface area contributed by atoms with E-state index in [9.17, 15) is 4.79 Å². The minimum atomic E-state index is -0.135. The molecule has 5 heteroatoms. The van der Waals surface area contributed by atoms with E-state index in [-0.39, 0.29) is 5.91 Å². The highest BCUT2D eigenvalue weighted by Crippen LogP contribution is 1.99. The molecule has 0 aliphatic heterocycles. The van der Waals surface area contributed by atoms with Crippen molar-refractivity contribution in [3.63, 3.8) is 0 Å². The first-order chi connectivity index (χ1) is 8.09. The van der Waals surface area contributed by atoms with E-state index in [2.05, 4.69) is 10.3 Å². The average molecular weight is 251 g/mol. The van der Waals surface area contributed by atoms with Crippen molar-refractivity contribution in [1.29, 1.82) is 0 Å². The molecule has 92 valence electrons. The van der Waals surface area contributed by atoms with Crippen molar-refractivity contribution in [2.45, 2.75) is 26.2 Å². The molecule has 0 aliphatic carbocycles. The third-order valence-electron chi connectivity index (χ3n) is 2.26. The van der Waals surface area contributed by atoms with Crippen LogP contribution in [0, 0.1) is 6.92 Å². The minimum absolute atomic E-state index is 0.135. The average Bonchev–Trinajstić information content (AvgIpc) is 2.28. The fraction of sp³-hybridized carbons (Fsp3) is 0.417. The number of pyridine rings is 1. The first-order valence-electron chi connectivity index (χ1n) is 5.60. The summed E-state index contributed by atoms with van der Waals surface area (Å²) < 4.78 is 0. The molecule has 1 aromatic rings. The molecule has 17 heavy (non-hydrogen) atoms. The van der Waals surface area contributed by atoms with Crippen LogP contribution in [0.3, 0.4) is 0 Å². The molecule has 0 bridgehead atoms. The van der Waals surface area contributed by atoms with Crippen LogP contribution in [0.15, 0.2) is 18.2 Å². The van der Waals surface area contributed by atoms with E-state index in [1.54, 1.807) is 6.07 Å². The van der Waals surface area contributed by atoms with Gasteiger partial charge in [-0.25, -0.2) is 4.98 Å². The SMILES string of the molecule is Cc1cccc(C(=O)NCCCCC(N)=S)n1. The Morgan fingerprint density at radius 3 is 2.88 bits per heavy atom. The van der Waals surface area contributed by atoms with Gasteiger partial charge in [0.05, 0.1) is 4.99 Å². The van der Waals surface area contributed by atoms with E-state index in [1.807, 2.05) is 19.1 Å². The van der Waals surface area contributed by atoms with Crippen LogP contribution in [0.25, 0.3) is 0 Å². The zero-order chi connectivity index (χ0) is 12.7. The fourth-order valence-corrected chi connectivity index (χ4v) is 1.53. The lowest BCUT2D eigenvalue weighted by Crippen LogP contribution is -2.25. The molecule has 0 spiro atoms. The highest BCUT2D eigenvalue weighted by atomic mass is 32.1. The minimum Gasteiger partial charge on any atom is -0.393 e. The number of carbonyl (C=O) groups is 1. The highest BCUT2D eigenvalue weighted by molar-refractivity contribution is 7.80. The normalized spacial score (nSPS) is 9.94. The Labute approximate surface area is 107 Å². The van der Waals surface area contributed by atoms with Crippen LogP contribution >= 0.6 is 12.2 Å². The smallest absolute Gasteiger partial charge is 0.269 e. The van der Waals surface area contributed by atoms with Crippen LogP contribution in [-0.4, -0.2) is 22.4 Å². The molecule has 1 rings (SSSR count). The summed E-state index contributed by atoms with van der Waals surface area (Å²) in [6, 6.07) is 5.39. The largest absolute Gasteiger partial charge is 0.393 e. The molecule has 1 aromatic heterocycles. The number of carbonyl (C=O) groups excluding carboxylic acids is 1. The molecule has 0 saturated heterocycles. The van der Waals surface area contributed by atoms with E-state index in [0.29, 0.717) is 17.2 Å². The summed E-state index contributed by atoms with van der Waals surface area (Å²) in [5.41, 5.74) is 6.67. The van der Waals surface area contributed by atoms with Gasteiger partial charge in [-0.15, -0.1) is 0 Å². The fourth-order valence-electron chi connectivity index (χ4n) is 1.39.